The maximum absolute atomic E-state index is 11.9. The Morgan fingerprint density at radius 3 is 2.63 bits per heavy atom. The normalized spacial score (nSPS) is 44.9. The molecule has 4 fully saturated rings. The molecule has 10 atom stereocenters. The van der Waals surface area contributed by atoms with Crippen molar-refractivity contribution in [2.75, 3.05) is 0 Å². The van der Waals surface area contributed by atoms with Crippen LogP contribution in [0.25, 0.3) is 0 Å². The average Bonchev–Trinajstić information content (AvgIpc) is 3.24. The van der Waals surface area contributed by atoms with Gasteiger partial charge in [-0.3, -0.25) is 4.68 Å². The molecule has 0 radical (unpaired) electrons. The summed E-state index contributed by atoms with van der Waals surface area (Å²) < 4.78 is 1.85. The number of hydrogen-bond donors (Lipinski definition) is 2. The molecular weight excluding hydrogens is 432 g/mol. The third kappa shape index (κ3) is 4.40. The Kier molecular flexibility index (Phi) is 6.67. The largest absolute Gasteiger partial charge is 0.390 e. The van der Waals surface area contributed by atoms with Crippen molar-refractivity contribution in [3.63, 3.8) is 0 Å². The van der Waals surface area contributed by atoms with Crippen LogP contribution in [-0.2, 0) is 6.54 Å². The minimum absolute atomic E-state index is 0.162. The van der Waals surface area contributed by atoms with Crippen LogP contribution in [0.4, 0.5) is 0 Å². The molecule has 4 aliphatic carbocycles. The van der Waals surface area contributed by atoms with Gasteiger partial charge >= 0.3 is 0 Å². The lowest BCUT2D eigenvalue weighted by Gasteiger charge is -2.64. The van der Waals surface area contributed by atoms with Gasteiger partial charge in [-0.25, -0.2) is 0 Å². The molecule has 4 heteroatoms. The number of fused-ring (bicyclic) bond motifs is 5. The Labute approximate surface area is 213 Å². The summed E-state index contributed by atoms with van der Waals surface area (Å²) in [6, 6.07) is 0. The van der Waals surface area contributed by atoms with E-state index in [0.717, 1.165) is 61.3 Å². The second kappa shape index (κ2) is 9.21. The molecule has 1 aromatic rings. The second-order valence-electron chi connectivity index (χ2n) is 13.7. The third-order valence-corrected chi connectivity index (χ3v) is 11.5. The smallest absolute Gasteiger partial charge is 0.0848 e. The summed E-state index contributed by atoms with van der Waals surface area (Å²) in [5, 5.41) is 27.5. The third-order valence-electron chi connectivity index (χ3n) is 11.5. The fraction of sp³-hybridized carbons (Fsp3) is 0.839. The van der Waals surface area contributed by atoms with Gasteiger partial charge in [-0.15, -0.1) is 6.42 Å². The minimum Gasteiger partial charge on any atom is -0.390 e. The highest BCUT2D eigenvalue weighted by Gasteiger charge is 2.60. The molecule has 0 aromatic carbocycles. The molecule has 4 nitrogen and oxygen atoms in total. The van der Waals surface area contributed by atoms with E-state index in [1.54, 1.807) is 6.20 Å². The molecule has 35 heavy (non-hydrogen) atoms. The Morgan fingerprint density at radius 2 is 1.91 bits per heavy atom. The molecule has 4 aliphatic rings. The van der Waals surface area contributed by atoms with Crippen molar-refractivity contribution in [2.24, 2.45) is 46.8 Å². The van der Waals surface area contributed by atoms with Crippen LogP contribution in [0.3, 0.4) is 0 Å². The first-order chi connectivity index (χ1) is 16.6. The zero-order valence-electron chi connectivity index (χ0n) is 22.5. The average molecular weight is 481 g/mol. The van der Waals surface area contributed by atoms with Crippen LogP contribution in [0.15, 0.2) is 12.4 Å². The molecule has 2 N–H and O–H groups in total. The molecule has 0 spiro atoms. The zero-order chi connectivity index (χ0) is 25.0. The van der Waals surface area contributed by atoms with E-state index in [4.69, 9.17) is 6.42 Å². The van der Waals surface area contributed by atoms with Crippen molar-refractivity contribution >= 4 is 0 Å². The first-order valence-corrected chi connectivity index (χ1v) is 14.5. The monoisotopic (exact) mass is 480 g/mol. The Morgan fingerprint density at radius 1 is 1.14 bits per heavy atom. The van der Waals surface area contributed by atoms with Crippen LogP contribution in [0, 0.1) is 59.2 Å². The molecule has 0 aliphatic heterocycles. The molecule has 0 amide bonds. The van der Waals surface area contributed by atoms with Crippen LogP contribution < -0.4 is 0 Å². The highest BCUT2D eigenvalue weighted by molar-refractivity contribution is 5.26. The van der Waals surface area contributed by atoms with Gasteiger partial charge in [-0.2, -0.15) is 5.10 Å². The Balaban J connectivity index is 1.36. The fourth-order valence-electron chi connectivity index (χ4n) is 10.3. The fourth-order valence-corrected chi connectivity index (χ4v) is 10.3. The maximum atomic E-state index is 11.9. The van der Waals surface area contributed by atoms with E-state index in [1.807, 2.05) is 17.8 Å². The summed E-state index contributed by atoms with van der Waals surface area (Å²) in [6.45, 7) is 9.78. The van der Waals surface area contributed by atoms with Crippen molar-refractivity contribution < 1.29 is 10.2 Å². The summed E-state index contributed by atoms with van der Waals surface area (Å²) in [6.07, 6.45) is 21.9. The standard InChI is InChI=1S/C31H48N2O2/c1-6-14-31(35)16-13-24-23(17-31)9-10-26-25(24)12-15-29(4)27(11-8-21(3)28(26)29)30(5,34)20-33-19-22(7-2)18-32-33/h2,18-19,21,23-28,34-35H,6,8-17,20H2,1,3-5H3/t21-,23-,24+,25-,26-,27+,28+,29-,30-,31-/m1/s1. The maximum Gasteiger partial charge on any atom is 0.0848 e. The molecule has 0 bridgehead atoms. The van der Waals surface area contributed by atoms with Crippen molar-refractivity contribution in [3.8, 4) is 12.3 Å². The number of aromatic nitrogens is 2. The molecule has 194 valence electrons. The molecular formula is C31H48N2O2. The van der Waals surface area contributed by atoms with Gasteiger partial charge in [0.25, 0.3) is 0 Å². The van der Waals surface area contributed by atoms with E-state index in [1.165, 1.54) is 38.5 Å². The molecule has 0 saturated heterocycles. The first-order valence-electron chi connectivity index (χ1n) is 14.5. The van der Waals surface area contributed by atoms with Crippen molar-refractivity contribution in [1.82, 2.24) is 9.78 Å². The molecule has 0 unspecified atom stereocenters. The van der Waals surface area contributed by atoms with Gasteiger partial charge in [-0.05, 0) is 112 Å². The van der Waals surface area contributed by atoms with Gasteiger partial charge in [0.05, 0.1) is 29.5 Å². The topological polar surface area (TPSA) is 58.3 Å². The number of rotatable bonds is 5. The predicted molar refractivity (Wildman–Crippen MR) is 140 cm³/mol. The van der Waals surface area contributed by atoms with E-state index in [2.05, 4.69) is 31.8 Å². The van der Waals surface area contributed by atoms with Crippen LogP contribution in [0.5, 0.6) is 0 Å². The van der Waals surface area contributed by atoms with E-state index in [9.17, 15) is 10.2 Å². The highest BCUT2D eigenvalue weighted by atomic mass is 16.3. The van der Waals surface area contributed by atoms with Gasteiger partial charge in [0.1, 0.15) is 0 Å². The summed E-state index contributed by atoms with van der Waals surface area (Å²) in [5.41, 5.74) is -0.275. The van der Waals surface area contributed by atoms with Crippen LogP contribution in [-0.4, -0.2) is 31.2 Å². The number of nitrogens with zero attached hydrogens (tertiary/aromatic N) is 2. The van der Waals surface area contributed by atoms with Crippen molar-refractivity contribution in [2.45, 2.75) is 116 Å². The lowest BCUT2D eigenvalue weighted by atomic mass is 9.41. The molecule has 1 aromatic heterocycles. The summed E-state index contributed by atoms with van der Waals surface area (Å²) in [5.74, 6) is 7.44. The van der Waals surface area contributed by atoms with E-state index in [-0.39, 0.29) is 11.3 Å². The van der Waals surface area contributed by atoms with Crippen molar-refractivity contribution in [3.05, 3.63) is 18.0 Å². The minimum atomic E-state index is -0.809. The van der Waals surface area contributed by atoms with Crippen LogP contribution in [0.1, 0.15) is 104 Å². The van der Waals surface area contributed by atoms with Gasteiger partial charge in [0, 0.05) is 6.20 Å². The van der Waals surface area contributed by atoms with Gasteiger partial charge in [-0.1, -0.05) is 39.5 Å². The summed E-state index contributed by atoms with van der Waals surface area (Å²) >= 11 is 0. The van der Waals surface area contributed by atoms with Gasteiger partial charge in [0.15, 0.2) is 0 Å². The summed E-state index contributed by atoms with van der Waals surface area (Å²) in [4.78, 5) is 0. The van der Waals surface area contributed by atoms with E-state index < -0.39 is 11.2 Å². The molecule has 4 saturated carbocycles. The second-order valence-corrected chi connectivity index (χ2v) is 13.7. The van der Waals surface area contributed by atoms with Crippen LogP contribution in [0.2, 0.25) is 0 Å². The van der Waals surface area contributed by atoms with Gasteiger partial charge < -0.3 is 10.2 Å². The number of hydrogen-bond acceptors (Lipinski definition) is 3. The van der Waals surface area contributed by atoms with Crippen LogP contribution >= 0.6 is 0 Å². The lowest BCUT2D eigenvalue weighted by molar-refractivity contribution is -0.185. The quantitative estimate of drug-likeness (QED) is 0.504. The lowest BCUT2D eigenvalue weighted by Crippen LogP contribution is -2.60. The highest BCUT2D eigenvalue weighted by Crippen LogP contribution is 2.66. The predicted octanol–water partition coefficient (Wildman–Crippen LogP) is 6.05. The molecule has 1 heterocycles. The zero-order valence-corrected chi connectivity index (χ0v) is 22.5. The molecule has 5 rings (SSSR count). The SMILES string of the molecule is C#Cc1cnn(C[C@@](C)(O)[C@H]2CC[C@@H](C)[C@H]3[C@@H]4CC[C@@H]5C[C@@](O)(CCC)CC[C@@H]5[C@H]4CC[C@@]32C)c1. The van der Waals surface area contributed by atoms with E-state index in [0.29, 0.717) is 18.4 Å². The number of terminal acetylenes is 1. The summed E-state index contributed by atoms with van der Waals surface area (Å²) in [7, 11) is 0. The van der Waals surface area contributed by atoms with Crippen molar-refractivity contribution in [1.29, 1.82) is 0 Å². The first kappa shape index (κ1) is 25.3. The number of aliphatic hydroxyl groups is 2. The Hall–Kier alpha value is -1.31. The van der Waals surface area contributed by atoms with Gasteiger partial charge in [0.2, 0.25) is 0 Å². The Bertz CT molecular complexity index is 946. The van der Waals surface area contributed by atoms with E-state index >= 15 is 0 Å².